The van der Waals surface area contributed by atoms with Gasteiger partial charge in [0.2, 0.25) is 5.91 Å². The van der Waals surface area contributed by atoms with Crippen LogP contribution >= 0.6 is 0 Å². The topological polar surface area (TPSA) is 228 Å². The molecule has 0 aliphatic carbocycles. The second-order valence-electron chi connectivity index (χ2n) is 16.2. The summed E-state index contributed by atoms with van der Waals surface area (Å²) in [5.41, 5.74) is 0. The number of hydrogen-bond acceptors (Lipinski definition) is 13. The minimum absolute atomic E-state index is 0.256. The highest BCUT2D eigenvalue weighted by Gasteiger charge is 2.50. The number of aliphatic hydroxyl groups is 8. The van der Waals surface area contributed by atoms with Crippen molar-refractivity contribution in [2.45, 2.75) is 222 Å². The highest BCUT2D eigenvalue weighted by Crippen LogP contribution is 2.30. The number of aliphatic hydroxyl groups excluding tert-OH is 8. The van der Waals surface area contributed by atoms with Crippen molar-refractivity contribution < 1.29 is 64.6 Å². The Balaban J connectivity index is 1.72. The van der Waals surface area contributed by atoms with E-state index in [0.29, 0.717) is 6.42 Å². The molecule has 2 fully saturated rings. The molecule has 1 amide bonds. The first-order valence-electron chi connectivity index (χ1n) is 22.7. The van der Waals surface area contributed by atoms with Crippen LogP contribution in [0.2, 0.25) is 0 Å². The maximum absolute atomic E-state index is 13.0. The highest BCUT2D eigenvalue weighted by molar-refractivity contribution is 5.76. The molecule has 2 aliphatic heterocycles. The smallest absolute Gasteiger partial charge is 0.220 e. The number of hydrogen-bond donors (Lipinski definition) is 9. The molecule has 0 spiro atoms. The largest absolute Gasteiger partial charge is 0.394 e. The molecule has 0 saturated carbocycles. The highest BCUT2D eigenvalue weighted by atomic mass is 16.7. The van der Waals surface area contributed by atoms with Gasteiger partial charge in [-0.1, -0.05) is 134 Å². The summed E-state index contributed by atoms with van der Waals surface area (Å²) < 4.78 is 22.5. The molecule has 0 radical (unpaired) electrons. The maximum Gasteiger partial charge on any atom is 0.220 e. The van der Waals surface area contributed by atoms with Crippen molar-refractivity contribution >= 4 is 5.91 Å². The summed E-state index contributed by atoms with van der Waals surface area (Å²) in [5.74, 6) is -0.256. The van der Waals surface area contributed by atoms with E-state index in [0.717, 1.165) is 51.4 Å². The summed E-state index contributed by atoms with van der Waals surface area (Å²) in [6.45, 7) is 2.58. The summed E-state index contributed by atoms with van der Waals surface area (Å²) in [5, 5.41) is 85.8. The maximum atomic E-state index is 13.0. The van der Waals surface area contributed by atoms with Gasteiger partial charge in [0.25, 0.3) is 0 Å². The van der Waals surface area contributed by atoms with Crippen LogP contribution in [-0.2, 0) is 23.7 Å². The van der Waals surface area contributed by atoms with Crippen molar-refractivity contribution in [1.29, 1.82) is 0 Å². The lowest BCUT2D eigenvalue weighted by atomic mass is 9.97. The van der Waals surface area contributed by atoms with E-state index in [4.69, 9.17) is 18.9 Å². The molecule has 59 heavy (non-hydrogen) atoms. The molecule has 0 aromatic heterocycles. The van der Waals surface area contributed by atoms with Crippen LogP contribution in [0.4, 0.5) is 0 Å². The number of carbonyl (C=O) groups is 1. The van der Waals surface area contributed by atoms with Gasteiger partial charge in [-0.15, -0.1) is 0 Å². The van der Waals surface area contributed by atoms with Crippen molar-refractivity contribution in [2.75, 3.05) is 19.8 Å². The van der Waals surface area contributed by atoms with E-state index in [1.807, 2.05) is 6.08 Å². The molecule has 0 aromatic rings. The zero-order valence-electron chi connectivity index (χ0n) is 36.0. The number of allylic oxidation sites excluding steroid dienone is 5. The van der Waals surface area contributed by atoms with Crippen molar-refractivity contribution in [2.24, 2.45) is 0 Å². The lowest BCUT2D eigenvalue weighted by Gasteiger charge is -2.46. The van der Waals surface area contributed by atoms with Gasteiger partial charge in [-0.25, -0.2) is 0 Å². The molecule has 2 saturated heterocycles. The summed E-state index contributed by atoms with van der Waals surface area (Å²) in [6.07, 6.45) is 18.5. The van der Waals surface area contributed by atoms with E-state index in [2.05, 4.69) is 43.5 Å². The van der Waals surface area contributed by atoms with Gasteiger partial charge in [-0.05, 0) is 44.9 Å². The second kappa shape index (κ2) is 32.9. The van der Waals surface area contributed by atoms with Crippen LogP contribution in [0.3, 0.4) is 0 Å². The van der Waals surface area contributed by atoms with E-state index < -0.39 is 86.8 Å². The minimum Gasteiger partial charge on any atom is -0.394 e. The van der Waals surface area contributed by atoms with Gasteiger partial charge in [0.1, 0.15) is 48.8 Å². The van der Waals surface area contributed by atoms with Crippen molar-refractivity contribution in [3.63, 3.8) is 0 Å². The van der Waals surface area contributed by atoms with Crippen LogP contribution < -0.4 is 5.32 Å². The standard InChI is InChI=1S/C45H81NO13/c1-3-5-7-9-10-11-12-13-14-15-16-17-18-19-20-21-22-23-24-25-27-29-37(50)46-33(34(49)28-26-8-6-4-2)32-56-44-42(55)40(53)43(36(31-48)58-44)59-45-41(54)39(52)38(51)35(30-47)57-45/h12-13,15-16,26,28,33-36,38-45,47-49,51-55H,3-11,14,17-25,27,29-32H2,1-2H3,(H,46,50)/b13-12-,16-15-,28-26+. The Hall–Kier alpha value is -1.79. The minimum atomic E-state index is -1.79. The first kappa shape index (κ1) is 53.3. The Morgan fingerprint density at radius 3 is 1.73 bits per heavy atom. The van der Waals surface area contributed by atoms with E-state index in [1.165, 1.54) is 70.6 Å². The molecule has 344 valence electrons. The Kier molecular flexibility index (Phi) is 29.7. The quantitative estimate of drug-likeness (QED) is 0.0331. The van der Waals surface area contributed by atoms with Gasteiger partial charge >= 0.3 is 0 Å². The van der Waals surface area contributed by atoms with Gasteiger partial charge in [-0.2, -0.15) is 0 Å². The number of ether oxygens (including phenoxy) is 4. The van der Waals surface area contributed by atoms with Gasteiger partial charge in [0.05, 0.1) is 32.0 Å². The molecule has 12 unspecified atom stereocenters. The average Bonchev–Trinajstić information content (AvgIpc) is 3.23. The van der Waals surface area contributed by atoms with Gasteiger partial charge in [0, 0.05) is 6.42 Å². The number of amides is 1. The molecule has 12 atom stereocenters. The first-order chi connectivity index (χ1) is 28.6. The molecule has 9 N–H and O–H groups in total. The zero-order chi connectivity index (χ0) is 43.3. The van der Waals surface area contributed by atoms with E-state index in [9.17, 15) is 45.6 Å². The molecule has 14 nitrogen and oxygen atoms in total. The first-order valence-corrected chi connectivity index (χ1v) is 22.7. The monoisotopic (exact) mass is 844 g/mol. The normalized spacial score (nSPS) is 28.8. The molecule has 14 heteroatoms. The van der Waals surface area contributed by atoms with Crippen molar-refractivity contribution in [1.82, 2.24) is 5.32 Å². The van der Waals surface area contributed by atoms with Crippen LogP contribution in [0.15, 0.2) is 36.5 Å². The number of carbonyl (C=O) groups excluding carboxylic acids is 1. The lowest BCUT2D eigenvalue weighted by molar-refractivity contribution is -0.359. The predicted molar refractivity (Wildman–Crippen MR) is 226 cm³/mol. The fourth-order valence-corrected chi connectivity index (χ4v) is 7.25. The molecule has 2 rings (SSSR count). The molecule has 0 bridgehead atoms. The Labute approximate surface area is 353 Å². The van der Waals surface area contributed by atoms with Crippen molar-refractivity contribution in [3.8, 4) is 0 Å². The lowest BCUT2D eigenvalue weighted by Crippen LogP contribution is -2.65. The summed E-state index contributed by atoms with van der Waals surface area (Å²) >= 11 is 0. The fourth-order valence-electron chi connectivity index (χ4n) is 7.25. The third-order valence-electron chi connectivity index (χ3n) is 11.1. The third kappa shape index (κ3) is 21.2. The van der Waals surface area contributed by atoms with E-state index >= 15 is 0 Å². The molecule has 2 heterocycles. The second-order valence-corrected chi connectivity index (χ2v) is 16.2. The predicted octanol–water partition coefficient (Wildman–Crippen LogP) is 4.37. The van der Waals surface area contributed by atoms with Crippen LogP contribution in [0, 0.1) is 0 Å². The van der Waals surface area contributed by atoms with E-state index in [-0.39, 0.29) is 18.9 Å². The Morgan fingerprint density at radius 1 is 0.610 bits per heavy atom. The van der Waals surface area contributed by atoms with Crippen LogP contribution in [0.1, 0.15) is 149 Å². The molecular formula is C45H81NO13. The molecular weight excluding hydrogens is 762 g/mol. The van der Waals surface area contributed by atoms with Gasteiger partial charge in [0.15, 0.2) is 12.6 Å². The van der Waals surface area contributed by atoms with E-state index in [1.54, 1.807) is 6.08 Å². The summed E-state index contributed by atoms with van der Waals surface area (Å²) in [7, 11) is 0. The van der Waals surface area contributed by atoms with Crippen LogP contribution in [-0.4, -0.2) is 140 Å². The summed E-state index contributed by atoms with van der Waals surface area (Å²) in [4.78, 5) is 13.0. The van der Waals surface area contributed by atoms with Gasteiger partial charge < -0.3 is 65.1 Å². The Morgan fingerprint density at radius 2 is 1.14 bits per heavy atom. The van der Waals surface area contributed by atoms with Gasteiger partial charge in [-0.3, -0.25) is 4.79 Å². The van der Waals surface area contributed by atoms with Crippen molar-refractivity contribution in [3.05, 3.63) is 36.5 Å². The van der Waals surface area contributed by atoms with Crippen LogP contribution in [0.25, 0.3) is 0 Å². The third-order valence-corrected chi connectivity index (χ3v) is 11.1. The zero-order valence-corrected chi connectivity index (χ0v) is 36.0. The number of rotatable bonds is 33. The number of unbranched alkanes of at least 4 members (excludes halogenated alkanes) is 16. The SMILES string of the molecule is CCCC/C=C/C(O)C(COC1OC(CO)C(OC2OC(CO)C(O)C(O)C2O)C(O)C1O)NC(=O)CCCCCCCCCCC/C=C\C/C=C\CCCCCCC. The molecule has 0 aromatic carbocycles. The number of nitrogens with one attached hydrogen (secondary N) is 1. The fraction of sp³-hybridized carbons (Fsp3) is 0.844. The summed E-state index contributed by atoms with van der Waals surface area (Å²) in [6, 6.07) is -0.911. The average molecular weight is 844 g/mol. The Bertz CT molecular complexity index is 1140. The van der Waals surface area contributed by atoms with Crippen LogP contribution in [0.5, 0.6) is 0 Å². The molecule has 2 aliphatic rings.